The maximum atomic E-state index is 11.9. The number of halogens is 1. The molecule has 96 valence electrons. The fourth-order valence-corrected chi connectivity index (χ4v) is 2.37. The number of carbonyl (C=O) groups excluding carboxylic acids is 1. The van der Waals surface area contributed by atoms with Crippen molar-refractivity contribution in [3.8, 4) is 0 Å². The van der Waals surface area contributed by atoms with Gasteiger partial charge in [-0.3, -0.25) is 4.99 Å². The van der Waals surface area contributed by atoms with Crippen molar-refractivity contribution in [3.63, 3.8) is 0 Å². The lowest BCUT2D eigenvalue weighted by molar-refractivity contribution is 0.111. The fourth-order valence-electron chi connectivity index (χ4n) is 1.69. The quantitative estimate of drug-likeness (QED) is 0.661. The molecule has 1 unspecified atom stereocenters. The second-order valence-electron chi connectivity index (χ2n) is 3.92. The van der Waals surface area contributed by atoms with Gasteiger partial charge in [-0.25, -0.2) is 9.69 Å². The lowest BCUT2D eigenvalue weighted by Gasteiger charge is -2.21. The van der Waals surface area contributed by atoms with Gasteiger partial charge in [-0.1, -0.05) is 52.9 Å². The Bertz CT molecular complexity index is 450. The van der Waals surface area contributed by atoms with Crippen LogP contribution in [-0.4, -0.2) is 34.0 Å². The van der Waals surface area contributed by atoms with Crippen LogP contribution in [0.2, 0.25) is 0 Å². The van der Waals surface area contributed by atoms with Crippen LogP contribution in [0.1, 0.15) is 5.56 Å². The third kappa shape index (κ3) is 2.92. The van der Waals surface area contributed by atoms with Crippen molar-refractivity contribution >= 4 is 34.6 Å². The Kier molecular flexibility index (Phi) is 4.40. The summed E-state index contributed by atoms with van der Waals surface area (Å²) in [6.07, 6.45) is -0.431. The molecule has 0 saturated carbocycles. The second-order valence-corrected chi connectivity index (χ2v) is 4.80. The molecule has 2 N–H and O–H groups in total. The number of hydrogen-bond acceptors (Lipinski definition) is 4. The molecule has 0 spiro atoms. The Morgan fingerprint density at radius 1 is 1.50 bits per heavy atom. The van der Waals surface area contributed by atoms with Gasteiger partial charge in [-0.2, -0.15) is 0 Å². The van der Waals surface area contributed by atoms with E-state index >= 15 is 0 Å². The van der Waals surface area contributed by atoms with Crippen LogP contribution in [-0.2, 0) is 11.3 Å². The molecule has 1 aliphatic heterocycles. The van der Waals surface area contributed by atoms with Gasteiger partial charge >= 0.3 is 6.09 Å². The number of alkyl halides is 1. The van der Waals surface area contributed by atoms with Crippen LogP contribution in [0.3, 0.4) is 0 Å². The zero-order valence-corrected chi connectivity index (χ0v) is 11.9. The van der Waals surface area contributed by atoms with E-state index in [0.29, 0.717) is 6.54 Å². The van der Waals surface area contributed by atoms with E-state index in [0.717, 1.165) is 9.99 Å². The Morgan fingerprint density at radius 3 is 2.89 bits per heavy atom. The normalized spacial score (nSPS) is 18.6. The number of benzene rings is 1. The maximum absolute atomic E-state index is 11.9. The van der Waals surface area contributed by atoms with E-state index in [1.807, 2.05) is 30.3 Å². The van der Waals surface area contributed by atoms with Crippen LogP contribution in [0.15, 0.2) is 35.3 Å². The highest BCUT2D eigenvalue weighted by Crippen LogP contribution is 2.13. The molecule has 1 atom stereocenters. The molecule has 1 amide bonds. The summed E-state index contributed by atoms with van der Waals surface area (Å²) in [5, 5.41) is 0. The highest BCUT2D eigenvalue weighted by atomic mass is 127. The number of rotatable bonds is 3. The topological polar surface area (TPSA) is 67.9 Å². The molecule has 2 rings (SSSR count). The number of guanidine groups is 1. The first kappa shape index (κ1) is 13.1. The van der Waals surface area contributed by atoms with E-state index in [2.05, 4.69) is 27.6 Å². The zero-order chi connectivity index (χ0) is 13.0. The van der Waals surface area contributed by atoms with Gasteiger partial charge in [0.05, 0.1) is 12.6 Å². The summed E-state index contributed by atoms with van der Waals surface area (Å²) in [5.41, 5.74) is 6.64. The molecular weight excluding hydrogens is 345 g/mol. The van der Waals surface area contributed by atoms with Gasteiger partial charge in [0.1, 0.15) is 6.61 Å². The monoisotopic (exact) mass is 359 g/mol. The number of ether oxygens (including phenoxy) is 1. The molecule has 18 heavy (non-hydrogen) atoms. The molecule has 1 aliphatic rings. The fraction of sp³-hybridized carbons (Fsp3) is 0.333. The summed E-state index contributed by atoms with van der Waals surface area (Å²) < 4.78 is 6.02. The molecule has 0 radical (unpaired) electrons. The summed E-state index contributed by atoms with van der Waals surface area (Å²) in [4.78, 5) is 17.4. The predicted octanol–water partition coefficient (Wildman–Crippen LogP) is 1.76. The second kappa shape index (κ2) is 6.03. The first-order valence-corrected chi connectivity index (χ1v) is 7.10. The van der Waals surface area contributed by atoms with Gasteiger partial charge in [0.15, 0.2) is 0 Å². The molecule has 0 saturated heterocycles. The van der Waals surface area contributed by atoms with Crippen LogP contribution >= 0.6 is 22.6 Å². The van der Waals surface area contributed by atoms with Gasteiger partial charge in [-0.15, -0.1) is 0 Å². The van der Waals surface area contributed by atoms with E-state index < -0.39 is 6.09 Å². The number of aliphatic imine (C=N–C) groups is 1. The van der Waals surface area contributed by atoms with E-state index in [1.54, 1.807) is 0 Å². The van der Waals surface area contributed by atoms with Gasteiger partial charge in [0, 0.05) is 4.43 Å². The Hall–Kier alpha value is -1.31. The number of amides is 1. The Labute approximate surface area is 119 Å². The molecule has 0 bridgehead atoms. The summed E-state index contributed by atoms with van der Waals surface area (Å²) in [6.45, 7) is 0.798. The SMILES string of the molecule is NC1=NCC(CI)N1C(=O)OCc1ccccc1. The number of nitrogens with zero attached hydrogens (tertiary/aromatic N) is 2. The van der Waals surface area contributed by atoms with Crippen LogP contribution in [0.5, 0.6) is 0 Å². The third-order valence-electron chi connectivity index (χ3n) is 2.66. The average Bonchev–Trinajstić information content (AvgIpc) is 2.78. The highest BCUT2D eigenvalue weighted by molar-refractivity contribution is 14.1. The van der Waals surface area contributed by atoms with Crippen molar-refractivity contribution in [3.05, 3.63) is 35.9 Å². The van der Waals surface area contributed by atoms with E-state index in [1.165, 1.54) is 4.90 Å². The summed E-state index contributed by atoms with van der Waals surface area (Å²) in [7, 11) is 0. The van der Waals surface area contributed by atoms with Gasteiger partial charge in [0.25, 0.3) is 0 Å². The summed E-state index contributed by atoms with van der Waals surface area (Å²) in [6, 6.07) is 9.55. The zero-order valence-electron chi connectivity index (χ0n) is 9.75. The van der Waals surface area contributed by atoms with Crippen molar-refractivity contribution in [1.82, 2.24) is 4.90 Å². The molecule has 6 heteroatoms. The minimum Gasteiger partial charge on any atom is -0.444 e. The van der Waals surface area contributed by atoms with E-state index in [-0.39, 0.29) is 18.6 Å². The van der Waals surface area contributed by atoms with Crippen LogP contribution in [0.25, 0.3) is 0 Å². The van der Waals surface area contributed by atoms with Gasteiger partial charge in [-0.05, 0) is 5.56 Å². The first-order valence-electron chi connectivity index (χ1n) is 5.58. The molecular formula is C12H14IN3O2. The van der Waals surface area contributed by atoms with Crippen LogP contribution in [0, 0.1) is 0 Å². The summed E-state index contributed by atoms with van der Waals surface area (Å²) in [5.74, 6) is 0.245. The number of hydrogen-bond donors (Lipinski definition) is 1. The minimum absolute atomic E-state index is 0.00822. The number of nitrogens with two attached hydrogens (primary N) is 1. The van der Waals surface area contributed by atoms with Crippen molar-refractivity contribution in [1.29, 1.82) is 0 Å². The highest BCUT2D eigenvalue weighted by Gasteiger charge is 2.31. The molecule has 0 aromatic heterocycles. The van der Waals surface area contributed by atoms with Crippen molar-refractivity contribution in [2.24, 2.45) is 10.7 Å². The van der Waals surface area contributed by atoms with Crippen molar-refractivity contribution in [2.75, 3.05) is 11.0 Å². The number of carbonyl (C=O) groups is 1. The minimum atomic E-state index is -0.431. The third-order valence-corrected chi connectivity index (χ3v) is 3.67. The molecule has 5 nitrogen and oxygen atoms in total. The molecule has 0 aliphatic carbocycles. The Morgan fingerprint density at radius 2 is 2.22 bits per heavy atom. The predicted molar refractivity (Wildman–Crippen MR) is 77.6 cm³/mol. The Balaban J connectivity index is 1.94. The van der Waals surface area contributed by atoms with Crippen molar-refractivity contribution in [2.45, 2.75) is 12.6 Å². The van der Waals surface area contributed by atoms with Gasteiger partial charge in [0.2, 0.25) is 5.96 Å². The van der Waals surface area contributed by atoms with Gasteiger partial charge < -0.3 is 10.5 Å². The lowest BCUT2D eigenvalue weighted by atomic mass is 10.2. The molecule has 1 aromatic rings. The molecule has 0 fully saturated rings. The van der Waals surface area contributed by atoms with Crippen LogP contribution < -0.4 is 5.73 Å². The standard InChI is InChI=1S/C12H14IN3O2/c13-6-10-7-15-11(14)16(10)12(17)18-8-9-4-2-1-3-5-9/h1-5,10H,6-8H2,(H2,14,15). The maximum Gasteiger partial charge on any atom is 0.417 e. The average molecular weight is 359 g/mol. The largest absolute Gasteiger partial charge is 0.444 e. The van der Waals surface area contributed by atoms with E-state index in [4.69, 9.17) is 10.5 Å². The van der Waals surface area contributed by atoms with Crippen molar-refractivity contribution < 1.29 is 9.53 Å². The molecule has 1 heterocycles. The van der Waals surface area contributed by atoms with E-state index in [9.17, 15) is 4.79 Å². The lowest BCUT2D eigenvalue weighted by Crippen LogP contribution is -2.45. The first-order chi connectivity index (χ1) is 8.72. The molecule has 1 aromatic carbocycles. The summed E-state index contributed by atoms with van der Waals surface area (Å²) >= 11 is 2.21. The van der Waals surface area contributed by atoms with Crippen LogP contribution in [0.4, 0.5) is 4.79 Å². The smallest absolute Gasteiger partial charge is 0.417 e.